The number of nitrogens with one attached hydrogen (secondary N) is 1. The maximum Gasteiger partial charge on any atom is 0.309 e. The zero-order chi connectivity index (χ0) is 12.9. The molecule has 6 nitrogen and oxygen atoms in total. The number of aromatic nitrogens is 2. The van der Waals surface area contributed by atoms with Gasteiger partial charge in [-0.05, 0) is 13.8 Å². The second kappa shape index (κ2) is 5.47. The Hall–Kier alpha value is -1.85. The monoisotopic (exact) mass is 239 g/mol. The lowest BCUT2D eigenvalue weighted by Gasteiger charge is -2.18. The molecule has 0 aliphatic heterocycles. The highest BCUT2D eigenvalue weighted by Crippen LogP contribution is 2.19. The number of nitrogens with zero attached hydrogens (tertiary/aromatic N) is 2. The van der Waals surface area contributed by atoms with E-state index in [-0.39, 0.29) is 12.3 Å². The number of carbonyl (C=O) groups is 2. The summed E-state index contributed by atoms with van der Waals surface area (Å²) in [7, 11) is 0. The second-order valence-corrected chi connectivity index (χ2v) is 4.52. The molecule has 0 unspecified atom stereocenters. The van der Waals surface area contributed by atoms with Crippen LogP contribution in [0.3, 0.4) is 0 Å². The summed E-state index contributed by atoms with van der Waals surface area (Å²) in [5.41, 5.74) is -1.03. The van der Waals surface area contributed by atoms with E-state index in [4.69, 9.17) is 5.11 Å². The van der Waals surface area contributed by atoms with E-state index in [1.165, 1.54) is 13.8 Å². The molecular formula is C11H17N3O3. The molecule has 1 aromatic rings. The number of imidazole rings is 1. The van der Waals surface area contributed by atoms with Gasteiger partial charge in [-0.2, -0.15) is 0 Å². The van der Waals surface area contributed by atoms with Crippen molar-refractivity contribution in [2.24, 2.45) is 5.41 Å². The van der Waals surface area contributed by atoms with Crippen LogP contribution in [0.2, 0.25) is 0 Å². The van der Waals surface area contributed by atoms with Crippen LogP contribution < -0.4 is 5.32 Å². The molecule has 0 fully saturated rings. The van der Waals surface area contributed by atoms with Gasteiger partial charge in [0.25, 0.3) is 0 Å². The van der Waals surface area contributed by atoms with Crippen molar-refractivity contribution in [3.63, 3.8) is 0 Å². The van der Waals surface area contributed by atoms with Crippen molar-refractivity contribution in [3.8, 4) is 0 Å². The van der Waals surface area contributed by atoms with Gasteiger partial charge >= 0.3 is 5.97 Å². The Morgan fingerprint density at radius 2 is 2.18 bits per heavy atom. The summed E-state index contributed by atoms with van der Waals surface area (Å²) in [6, 6.07) is 0. The number of hydrogen-bond acceptors (Lipinski definition) is 3. The van der Waals surface area contributed by atoms with Crippen LogP contribution in [0, 0.1) is 5.41 Å². The lowest BCUT2D eigenvalue weighted by molar-refractivity contribution is -0.149. The van der Waals surface area contributed by atoms with Gasteiger partial charge in [-0.15, -0.1) is 0 Å². The lowest BCUT2D eigenvalue weighted by atomic mass is 9.89. The largest absolute Gasteiger partial charge is 0.481 e. The Kier molecular flexibility index (Phi) is 4.25. The van der Waals surface area contributed by atoms with E-state index in [9.17, 15) is 9.59 Å². The fourth-order valence-electron chi connectivity index (χ4n) is 1.28. The van der Waals surface area contributed by atoms with Gasteiger partial charge in [0.2, 0.25) is 5.91 Å². The first-order chi connectivity index (χ1) is 7.92. The Morgan fingerprint density at radius 1 is 1.47 bits per heavy atom. The molecule has 0 radical (unpaired) electrons. The fraction of sp³-hybridized carbons (Fsp3) is 0.545. The molecule has 1 amide bonds. The molecule has 0 bridgehead atoms. The van der Waals surface area contributed by atoms with E-state index in [0.29, 0.717) is 13.1 Å². The zero-order valence-corrected chi connectivity index (χ0v) is 10.0. The Morgan fingerprint density at radius 3 is 2.71 bits per heavy atom. The first-order valence-electron chi connectivity index (χ1n) is 5.37. The topological polar surface area (TPSA) is 84.2 Å². The van der Waals surface area contributed by atoms with Crippen molar-refractivity contribution in [1.29, 1.82) is 0 Å². The van der Waals surface area contributed by atoms with Crippen LogP contribution in [0.25, 0.3) is 0 Å². The predicted octanol–water partition coefficient (Wildman–Crippen LogP) is 0.500. The Balaban J connectivity index is 2.28. The van der Waals surface area contributed by atoms with E-state index in [1.807, 2.05) is 4.57 Å². The molecule has 0 aliphatic rings. The van der Waals surface area contributed by atoms with Crippen LogP contribution in [-0.4, -0.2) is 33.1 Å². The summed E-state index contributed by atoms with van der Waals surface area (Å²) >= 11 is 0. The molecule has 17 heavy (non-hydrogen) atoms. The van der Waals surface area contributed by atoms with E-state index in [2.05, 4.69) is 10.3 Å². The minimum absolute atomic E-state index is 0.0216. The molecule has 0 spiro atoms. The van der Waals surface area contributed by atoms with Crippen molar-refractivity contribution in [1.82, 2.24) is 14.9 Å². The fourth-order valence-corrected chi connectivity index (χ4v) is 1.28. The number of aliphatic carboxylic acids is 1. The summed E-state index contributed by atoms with van der Waals surface area (Å²) in [5, 5.41) is 11.6. The molecule has 0 atom stereocenters. The highest BCUT2D eigenvalue weighted by atomic mass is 16.4. The summed E-state index contributed by atoms with van der Waals surface area (Å²) in [6.45, 7) is 4.15. The van der Waals surface area contributed by atoms with Crippen LogP contribution in [0.15, 0.2) is 18.7 Å². The molecule has 1 heterocycles. The minimum atomic E-state index is -1.03. The van der Waals surface area contributed by atoms with Gasteiger partial charge in [-0.1, -0.05) is 0 Å². The first kappa shape index (κ1) is 13.2. The van der Waals surface area contributed by atoms with Crippen LogP contribution in [-0.2, 0) is 16.1 Å². The van der Waals surface area contributed by atoms with Gasteiger partial charge in [0.1, 0.15) is 0 Å². The standard InChI is InChI=1S/C11H17N3O3/c1-11(2,10(16)17)7-9(15)13-4-6-14-5-3-12-8-14/h3,5,8H,4,6-7H2,1-2H3,(H,13,15)(H,16,17). The third-order valence-electron chi connectivity index (χ3n) is 2.43. The molecule has 0 saturated carbocycles. The molecule has 2 N–H and O–H groups in total. The number of carboxylic acids is 1. The normalized spacial score (nSPS) is 11.2. The molecule has 1 aromatic heterocycles. The molecular weight excluding hydrogens is 222 g/mol. The van der Waals surface area contributed by atoms with Gasteiger partial charge in [0, 0.05) is 31.9 Å². The van der Waals surface area contributed by atoms with Crippen LogP contribution in [0.5, 0.6) is 0 Å². The third-order valence-corrected chi connectivity index (χ3v) is 2.43. The van der Waals surface area contributed by atoms with Gasteiger partial charge in [-0.25, -0.2) is 4.98 Å². The van der Waals surface area contributed by atoms with Gasteiger partial charge in [0.05, 0.1) is 11.7 Å². The van der Waals surface area contributed by atoms with Crippen molar-refractivity contribution in [2.75, 3.05) is 6.54 Å². The number of carbonyl (C=O) groups excluding carboxylic acids is 1. The lowest BCUT2D eigenvalue weighted by Crippen LogP contribution is -2.34. The van der Waals surface area contributed by atoms with Crippen LogP contribution in [0.4, 0.5) is 0 Å². The summed E-state index contributed by atoms with van der Waals surface area (Å²) < 4.78 is 1.84. The zero-order valence-electron chi connectivity index (χ0n) is 10.0. The average Bonchev–Trinajstić information content (AvgIpc) is 2.69. The molecule has 0 aromatic carbocycles. The van der Waals surface area contributed by atoms with E-state index in [1.54, 1.807) is 18.7 Å². The summed E-state index contributed by atoms with van der Waals surface area (Å²) in [5.74, 6) is -1.22. The highest BCUT2D eigenvalue weighted by molar-refractivity contribution is 5.84. The third kappa shape index (κ3) is 4.26. The van der Waals surface area contributed by atoms with Crippen LogP contribution >= 0.6 is 0 Å². The maximum atomic E-state index is 11.5. The van der Waals surface area contributed by atoms with Crippen molar-refractivity contribution in [3.05, 3.63) is 18.7 Å². The molecule has 0 aliphatic carbocycles. The number of carboxylic acid groups (broad SMARTS) is 1. The Bertz CT molecular complexity index is 385. The second-order valence-electron chi connectivity index (χ2n) is 4.52. The van der Waals surface area contributed by atoms with E-state index in [0.717, 1.165) is 0 Å². The SMILES string of the molecule is CC(C)(CC(=O)NCCn1ccnc1)C(=O)O. The molecule has 0 saturated heterocycles. The molecule has 6 heteroatoms. The predicted molar refractivity (Wildman–Crippen MR) is 61.3 cm³/mol. The maximum absolute atomic E-state index is 11.5. The Labute approximate surface area is 99.7 Å². The van der Waals surface area contributed by atoms with Crippen LogP contribution in [0.1, 0.15) is 20.3 Å². The highest BCUT2D eigenvalue weighted by Gasteiger charge is 2.29. The smallest absolute Gasteiger partial charge is 0.309 e. The van der Waals surface area contributed by atoms with Gasteiger partial charge in [0.15, 0.2) is 0 Å². The van der Waals surface area contributed by atoms with E-state index >= 15 is 0 Å². The number of rotatable bonds is 6. The van der Waals surface area contributed by atoms with E-state index < -0.39 is 11.4 Å². The van der Waals surface area contributed by atoms with Crippen molar-refractivity contribution in [2.45, 2.75) is 26.8 Å². The summed E-state index contributed by atoms with van der Waals surface area (Å²) in [6.07, 6.45) is 5.10. The molecule has 1 rings (SSSR count). The quantitative estimate of drug-likeness (QED) is 0.757. The summed E-state index contributed by atoms with van der Waals surface area (Å²) in [4.78, 5) is 26.2. The number of hydrogen-bond donors (Lipinski definition) is 2. The molecule has 94 valence electrons. The first-order valence-corrected chi connectivity index (χ1v) is 5.37. The average molecular weight is 239 g/mol. The van der Waals surface area contributed by atoms with Gasteiger partial charge in [-0.3, -0.25) is 9.59 Å². The van der Waals surface area contributed by atoms with Crippen molar-refractivity contribution < 1.29 is 14.7 Å². The minimum Gasteiger partial charge on any atom is -0.481 e. The van der Waals surface area contributed by atoms with Crippen molar-refractivity contribution >= 4 is 11.9 Å². The number of amides is 1. The van der Waals surface area contributed by atoms with Gasteiger partial charge < -0.3 is 15.0 Å².